The summed E-state index contributed by atoms with van der Waals surface area (Å²) in [4.78, 5) is 25.9. The lowest BCUT2D eigenvalue weighted by Crippen LogP contribution is -2.18. The number of esters is 1. The van der Waals surface area contributed by atoms with Gasteiger partial charge in [-0.3, -0.25) is 0 Å². The number of carbonyl (C=O) groups excluding carboxylic acids is 1. The smallest absolute Gasteiger partial charge is 0.330 e. The summed E-state index contributed by atoms with van der Waals surface area (Å²) in [5, 5.41) is 9.53. The van der Waals surface area contributed by atoms with E-state index in [2.05, 4.69) is 9.57 Å². The summed E-state index contributed by atoms with van der Waals surface area (Å²) in [7, 11) is 2.77. The van der Waals surface area contributed by atoms with Crippen LogP contribution in [0, 0.1) is 10.1 Å². The Morgan fingerprint density at radius 1 is 1.35 bits per heavy atom. The average molecular weight is 281 g/mol. The number of nitrogens with zero attached hydrogens (tertiary/aromatic N) is 1. The molecule has 0 amide bonds. The second kappa shape index (κ2) is 7.78. The molecule has 0 saturated heterocycles. The first-order chi connectivity index (χ1) is 9.55. The van der Waals surface area contributed by atoms with E-state index in [0.717, 1.165) is 11.6 Å². The Kier molecular flexibility index (Phi) is 6.02. The van der Waals surface area contributed by atoms with Gasteiger partial charge in [0, 0.05) is 12.5 Å². The van der Waals surface area contributed by atoms with Gasteiger partial charge in [0.1, 0.15) is 11.9 Å². The molecule has 0 aliphatic heterocycles. The molecule has 1 atom stereocenters. The first kappa shape index (κ1) is 15.5. The van der Waals surface area contributed by atoms with E-state index < -0.39 is 17.2 Å². The number of hydrogen-bond acceptors (Lipinski definition) is 6. The summed E-state index contributed by atoms with van der Waals surface area (Å²) in [6, 6.07) is 7.01. The first-order valence-electron chi connectivity index (χ1n) is 5.75. The lowest BCUT2D eigenvalue weighted by molar-refractivity contribution is -0.765. The summed E-state index contributed by atoms with van der Waals surface area (Å²) in [5.41, 5.74) is 0.812. The van der Waals surface area contributed by atoms with Crippen LogP contribution in [-0.2, 0) is 20.8 Å². The quantitative estimate of drug-likeness (QED) is 0.326. The van der Waals surface area contributed by atoms with Gasteiger partial charge in [-0.15, -0.1) is 10.1 Å². The van der Waals surface area contributed by atoms with Gasteiger partial charge in [-0.2, -0.15) is 0 Å². The predicted octanol–water partition coefficient (Wildman–Crippen LogP) is 1.54. The van der Waals surface area contributed by atoms with E-state index in [1.807, 2.05) is 0 Å². The Morgan fingerprint density at radius 3 is 2.50 bits per heavy atom. The van der Waals surface area contributed by atoms with Gasteiger partial charge in [-0.1, -0.05) is 12.1 Å². The molecule has 0 heterocycles. The van der Waals surface area contributed by atoms with Crippen molar-refractivity contribution in [2.75, 3.05) is 14.2 Å². The Morgan fingerprint density at radius 2 is 2.00 bits per heavy atom. The van der Waals surface area contributed by atoms with Crippen molar-refractivity contribution in [1.29, 1.82) is 0 Å². The van der Waals surface area contributed by atoms with Crippen LogP contribution in [-0.4, -0.2) is 31.4 Å². The minimum atomic E-state index is -0.893. The van der Waals surface area contributed by atoms with Crippen molar-refractivity contribution in [3.05, 3.63) is 52.1 Å². The fraction of sp³-hybridized carbons (Fsp3) is 0.308. The van der Waals surface area contributed by atoms with Crippen LogP contribution >= 0.6 is 0 Å². The van der Waals surface area contributed by atoms with E-state index in [9.17, 15) is 14.9 Å². The van der Waals surface area contributed by atoms with Crippen LogP contribution in [0.4, 0.5) is 0 Å². The molecule has 0 aliphatic carbocycles. The Bertz CT molecular complexity index is 482. The first-order valence-corrected chi connectivity index (χ1v) is 5.75. The maximum Gasteiger partial charge on any atom is 0.330 e. The zero-order valence-corrected chi connectivity index (χ0v) is 11.1. The molecule has 7 heteroatoms. The molecule has 1 aromatic carbocycles. The molecule has 0 spiro atoms. The summed E-state index contributed by atoms with van der Waals surface area (Å²) >= 11 is 0. The zero-order chi connectivity index (χ0) is 15.0. The van der Waals surface area contributed by atoms with E-state index in [1.54, 1.807) is 31.4 Å². The van der Waals surface area contributed by atoms with Crippen molar-refractivity contribution < 1.29 is 24.2 Å². The number of hydrogen-bond donors (Lipinski definition) is 0. The SMILES string of the molecule is COC(=O)/C=C/[C@H](Cc1ccc(OC)cc1)O[N+](=O)[O-]. The van der Waals surface area contributed by atoms with Crippen molar-refractivity contribution in [3.63, 3.8) is 0 Å². The van der Waals surface area contributed by atoms with Gasteiger partial charge in [-0.05, 0) is 23.8 Å². The molecule has 0 bridgehead atoms. The Labute approximate surface area is 115 Å². The number of carbonyl (C=O) groups is 1. The van der Waals surface area contributed by atoms with Crippen molar-refractivity contribution in [2.45, 2.75) is 12.5 Å². The summed E-state index contributed by atoms with van der Waals surface area (Å²) in [5.74, 6) is 0.0854. The molecular weight excluding hydrogens is 266 g/mol. The average Bonchev–Trinajstić information content (AvgIpc) is 2.44. The van der Waals surface area contributed by atoms with E-state index in [4.69, 9.17) is 4.74 Å². The monoisotopic (exact) mass is 281 g/mol. The third kappa shape index (κ3) is 5.38. The predicted molar refractivity (Wildman–Crippen MR) is 69.7 cm³/mol. The minimum Gasteiger partial charge on any atom is -0.497 e. The largest absolute Gasteiger partial charge is 0.497 e. The molecule has 0 N–H and O–H groups in total. The van der Waals surface area contributed by atoms with Gasteiger partial charge >= 0.3 is 5.97 Å². The van der Waals surface area contributed by atoms with Crippen molar-refractivity contribution in [1.82, 2.24) is 0 Å². The highest BCUT2D eigenvalue weighted by molar-refractivity contribution is 5.81. The van der Waals surface area contributed by atoms with Crippen LogP contribution in [0.2, 0.25) is 0 Å². The third-order valence-corrected chi connectivity index (χ3v) is 2.47. The van der Waals surface area contributed by atoms with Crippen LogP contribution in [0.25, 0.3) is 0 Å². The van der Waals surface area contributed by atoms with E-state index in [0.29, 0.717) is 5.75 Å². The highest BCUT2D eigenvalue weighted by Gasteiger charge is 2.12. The van der Waals surface area contributed by atoms with Crippen LogP contribution in [0.15, 0.2) is 36.4 Å². The standard InChI is InChI=1S/C13H15NO6/c1-18-11-5-3-10(4-6-11)9-12(20-14(16)17)7-8-13(15)19-2/h3-8,12H,9H2,1-2H3/b8-7+/t12-/m1/s1. The van der Waals surface area contributed by atoms with Crippen LogP contribution < -0.4 is 4.74 Å². The van der Waals surface area contributed by atoms with E-state index in [-0.39, 0.29) is 6.42 Å². The highest BCUT2D eigenvalue weighted by atomic mass is 17.0. The number of rotatable bonds is 7. The lowest BCUT2D eigenvalue weighted by atomic mass is 10.1. The van der Waals surface area contributed by atoms with Crippen LogP contribution in [0.5, 0.6) is 5.75 Å². The maximum absolute atomic E-state index is 11.0. The molecular formula is C13H15NO6. The molecule has 1 aromatic rings. The fourth-order valence-corrected chi connectivity index (χ4v) is 1.50. The fourth-order valence-electron chi connectivity index (χ4n) is 1.50. The Hall–Kier alpha value is -2.57. The second-order valence-corrected chi connectivity index (χ2v) is 3.80. The summed E-state index contributed by atoms with van der Waals surface area (Å²) < 4.78 is 9.44. The topological polar surface area (TPSA) is 87.9 Å². The number of ether oxygens (including phenoxy) is 2. The van der Waals surface area contributed by atoms with Gasteiger partial charge < -0.3 is 14.3 Å². The van der Waals surface area contributed by atoms with Gasteiger partial charge in [0.15, 0.2) is 0 Å². The van der Waals surface area contributed by atoms with Crippen molar-refractivity contribution in [3.8, 4) is 5.75 Å². The molecule has 1 rings (SSSR count). The van der Waals surface area contributed by atoms with E-state index >= 15 is 0 Å². The molecule has 0 aliphatic rings. The maximum atomic E-state index is 11.0. The second-order valence-electron chi connectivity index (χ2n) is 3.80. The molecule has 0 saturated carbocycles. The normalized spacial score (nSPS) is 11.9. The molecule has 0 radical (unpaired) electrons. The minimum absolute atomic E-state index is 0.248. The molecule has 0 aromatic heterocycles. The molecule has 108 valence electrons. The van der Waals surface area contributed by atoms with Crippen LogP contribution in [0.1, 0.15) is 5.56 Å². The lowest BCUT2D eigenvalue weighted by Gasteiger charge is -2.11. The summed E-state index contributed by atoms with van der Waals surface area (Å²) in [6.45, 7) is 0. The van der Waals surface area contributed by atoms with Crippen LogP contribution in [0.3, 0.4) is 0 Å². The molecule has 20 heavy (non-hydrogen) atoms. The number of benzene rings is 1. The zero-order valence-electron chi connectivity index (χ0n) is 11.1. The van der Waals surface area contributed by atoms with Gasteiger partial charge in [-0.25, -0.2) is 4.79 Å². The third-order valence-electron chi connectivity index (χ3n) is 2.47. The molecule has 7 nitrogen and oxygen atoms in total. The van der Waals surface area contributed by atoms with Crippen molar-refractivity contribution in [2.24, 2.45) is 0 Å². The molecule has 0 fully saturated rings. The Balaban J connectivity index is 2.74. The molecule has 0 unspecified atom stereocenters. The van der Waals surface area contributed by atoms with Gasteiger partial charge in [0.25, 0.3) is 5.09 Å². The van der Waals surface area contributed by atoms with Gasteiger partial charge in [0.05, 0.1) is 14.2 Å². The van der Waals surface area contributed by atoms with Gasteiger partial charge in [0.2, 0.25) is 0 Å². The highest BCUT2D eigenvalue weighted by Crippen LogP contribution is 2.14. The van der Waals surface area contributed by atoms with Crippen molar-refractivity contribution >= 4 is 5.97 Å². The summed E-state index contributed by atoms with van der Waals surface area (Å²) in [6.07, 6.45) is 1.77. The van der Waals surface area contributed by atoms with E-state index in [1.165, 1.54) is 13.2 Å². The number of methoxy groups -OCH3 is 2.